The van der Waals surface area contributed by atoms with Gasteiger partial charge in [-0.15, -0.1) is 13.2 Å². The number of carboxylic acids is 1. The summed E-state index contributed by atoms with van der Waals surface area (Å²) in [6, 6.07) is 11.1. The van der Waals surface area contributed by atoms with Crippen LogP contribution in [0.25, 0.3) is 11.3 Å². The molecule has 0 saturated heterocycles. The molecule has 3 aromatic rings. The number of anilines is 3. The van der Waals surface area contributed by atoms with E-state index in [1.807, 2.05) is 0 Å². The highest BCUT2D eigenvalue weighted by molar-refractivity contribution is 5.93. The number of methoxy groups -OCH3 is 2. The summed E-state index contributed by atoms with van der Waals surface area (Å²) >= 11 is 0. The second kappa shape index (κ2) is 10.6. The fourth-order valence-electron chi connectivity index (χ4n) is 2.94. The maximum atomic E-state index is 12.6. The molecular formula is C22H19F3N4O6. The van der Waals surface area contributed by atoms with E-state index in [4.69, 9.17) is 14.6 Å². The number of nitrogens with one attached hydrogen (secondary N) is 2. The van der Waals surface area contributed by atoms with Crippen molar-refractivity contribution in [3.05, 3.63) is 54.1 Å². The van der Waals surface area contributed by atoms with Gasteiger partial charge in [0.25, 0.3) is 0 Å². The van der Waals surface area contributed by atoms with Crippen molar-refractivity contribution in [2.75, 3.05) is 31.4 Å². The first-order valence-electron chi connectivity index (χ1n) is 9.82. The third-order valence-corrected chi connectivity index (χ3v) is 4.37. The zero-order chi connectivity index (χ0) is 25.6. The number of aromatic nitrogens is 2. The number of nitrogens with zero attached hydrogens (tertiary/aromatic N) is 2. The van der Waals surface area contributed by atoms with E-state index in [-0.39, 0.29) is 34.3 Å². The maximum Gasteiger partial charge on any atom is 0.573 e. The van der Waals surface area contributed by atoms with E-state index in [1.54, 1.807) is 6.07 Å². The number of rotatable bonds is 9. The minimum absolute atomic E-state index is 0.0901. The zero-order valence-electron chi connectivity index (χ0n) is 18.3. The second-order valence-electron chi connectivity index (χ2n) is 6.82. The van der Waals surface area contributed by atoms with Crippen molar-refractivity contribution in [3.63, 3.8) is 0 Å². The zero-order valence-corrected chi connectivity index (χ0v) is 18.3. The van der Waals surface area contributed by atoms with E-state index >= 15 is 0 Å². The molecule has 0 atom stereocenters. The quantitative estimate of drug-likeness (QED) is 0.376. The van der Waals surface area contributed by atoms with Gasteiger partial charge in [0.1, 0.15) is 29.4 Å². The van der Waals surface area contributed by atoms with E-state index in [0.29, 0.717) is 5.69 Å². The summed E-state index contributed by atoms with van der Waals surface area (Å²) < 4.78 is 51.8. The van der Waals surface area contributed by atoms with Crippen molar-refractivity contribution in [1.29, 1.82) is 0 Å². The molecule has 0 spiro atoms. The van der Waals surface area contributed by atoms with Crippen LogP contribution < -0.4 is 20.1 Å². The first-order chi connectivity index (χ1) is 16.6. The summed E-state index contributed by atoms with van der Waals surface area (Å²) in [5.41, 5.74) is 1.07. The third-order valence-electron chi connectivity index (χ3n) is 4.37. The highest BCUT2D eigenvalue weighted by Gasteiger charge is 2.31. The van der Waals surface area contributed by atoms with Gasteiger partial charge in [0, 0.05) is 23.4 Å². The number of alkyl halides is 3. The van der Waals surface area contributed by atoms with Crippen LogP contribution in [0, 0.1) is 0 Å². The van der Waals surface area contributed by atoms with Gasteiger partial charge in [0.2, 0.25) is 5.95 Å². The molecular weight excluding hydrogens is 473 g/mol. The molecule has 2 aromatic carbocycles. The van der Waals surface area contributed by atoms with Crippen molar-refractivity contribution in [1.82, 2.24) is 9.97 Å². The standard InChI is InChI=1S/C22H19F3N4O6/c1-33-17-9-13(6-7-15(17)20(32)34-2)27-18-10-16(28-21(29-18)26-11-19(30)31)12-4-3-5-14(8-12)35-22(23,24)25/h3-10H,11H2,1-2H3,(H,30,31)(H2,26,27,28,29). The fourth-order valence-corrected chi connectivity index (χ4v) is 2.94. The number of hydrogen-bond acceptors (Lipinski definition) is 9. The predicted molar refractivity (Wildman–Crippen MR) is 118 cm³/mol. The van der Waals surface area contributed by atoms with Crippen LogP contribution in [-0.4, -0.2) is 54.1 Å². The number of hydrogen-bond donors (Lipinski definition) is 3. The molecule has 184 valence electrons. The molecule has 0 amide bonds. The minimum Gasteiger partial charge on any atom is -0.496 e. The lowest BCUT2D eigenvalue weighted by Crippen LogP contribution is -2.17. The van der Waals surface area contributed by atoms with Crippen molar-refractivity contribution < 1.29 is 42.1 Å². The Labute approximate surface area is 196 Å². The molecule has 35 heavy (non-hydrogen) atoms. The number of benzene rings is 2. The molecule has 3 rings (SSSR count). The predicted octanol–water partition coefficient (Wildman–Crippen LogP) is 4.08. The molecule has 3 N–H and O–H groups in total. The molecule has 10 nitrogen and oxygen atoms in total. The van der Waals surface area contributed by atoms with Crippen LogP contribution in [0.2, 0.25) is 0 Å². The Morgan fingerprint density at radius 3 is 2.49 bits per heavy atom. The molecule has 0 aliphatic heterocycles. The molecule has 0 aliphatic carbocycles. The number of esters is 1. The second-order valence-corrected chi connectivity index (χ2v) is 6.82. The first kappa shape index (κ1) is 25.1. The van der Waals surface area contributed by atoms with Crippen molar-refractivity contribution in [3.8, 4) is 22.8 Å². The molecule has 1 heterocycles. The van der Waals surface area contributed by atoms with Gasteiger partial charge in [-0.1, -0.05) is 12.1 Å². The van der Waals surface area contributed by atoms with Crippen LogP contribution in [-0.2, 0) is 9.53 Å². The van der Waals surface area contributed by atoms with Gasteiger partial charge in [-0.2, -0.15) is 4.98 Å². The topological polar surface area (TPSA) is 132 Å². The van der Waals surface area contributed by atoms with Gasteiger partial charge in [-0.3, -0.25) is 4.79 Å². The number of ether oxygens (including phenoxy) is 3. The Morgan fingerprint density at radius 2 is 1.83 bits per heavy atom. The van der Waals surface area contributed by atoms with E-state index < -0.39 is 30.6 Å². The maximum absolute atomic E-state index is 12.6. The van der Waals surface area contributed by atoms with Gasteiger partial charge in [0.05, 0.1) is 19.9 Å². The van der Waals surface area contributed by atoms with E-state index in [2.05, 4.69) is 25.3 Å². The Hall–Kier alpha value is -4.55. The number of halogens is 3. The van der Waals surface area contributed by atoms with Crippen LogP contribution in [0.3, 0.4) is 0 Å². The Bertz CT molecular complexity index is 1240. The minimum atomic E-state index is -4.87. The normalized spacial score (nSPS) is 10.9. The lowest BCUT2D eigenvalue weighted by molar-refractivity contribution is -0.274. The summed E-state index contributed by atoms with van der Waals surface area (Å²) in [5, 5.41) is 14.5. The van der Waals surface area contributed by atoms with Crippen LogP contribution in [0.5, 0.6) is 11.5 Å². The molecule has 13 heteroatoms. The van der Waals surface area contributed by atoms with Crippen molar-refractivity contribution in [2.24, 2.45) is 0 Å². The van der Waals surface area contributed by atoms with Crippen molar-refractivity contribution >= 4 is 29.4 Å². The molecule has 0 unspecified atom stereocenters. The highest BCUT2D eigenvalue weighted by Crippen LogP contribution is 2.30. The first-order valence-corrected chi connectivity index (χ1v) is 9.82. The molecule has 0 radical (unpaired) electrons. The van der Waals surface area contributed by atoms with Gasteiger partial charge in [0.15, 0.2) is 0 Å². The monoisotopic (exact) mass is 492 g/mol. The lowest BCUT2D eigenvalue weighted by Gasteiger charge is -2.14. The van der Waals surface area contributed by atoms with Gasteiger partial charge < -0.3 is 30.0 Å². The summed E-state index contributed by atoms with van der Waals surface area (Å²) in [5.74, 6) is -1.91. The van der Waals surface area contributed by atoms with Crippen LogP contribution in [0.4, 0.5) is 30.6 Å². The largest absolute Gasteiger partial charge is 0.573 e. The summed E-state index contributed by atoms with van der Waals surface area (Å²) in [6.07, 6.45) is -4.87. The highest BCUT2D eigenvalue weighted by atomic mass is 19.4. The Balaban J connectivity index is 1.98. The lowest BCUT2D eigenvalue weighted by atomic mass is 10.1. The van der Waals surface area contributed by atoms with E-state index in [1.165, 1.54) is 44.6 Å². The number of carboxylic acid groups (broad SMARTS) is 1. The molecule has 0 bridgehead atoms. The van der Waals surface area contributed by atoms with Gasteiger partial charge in [-0.05, 0) is 24.3 Å². The molecule has 0 fully saturated rings. The van der Waals surface area contributed by atoms with E-state index in [9.17, 15) is 22.8 Å². The summed E-state index contributed by atoms with van der Waals surface area (Å²) in [7, 11) is 2.61. The third kappa shape index (κ3) is 6.96. The van der Waals surface area contributed by atoms with Crippen LogP contribution in [0.1, 0.15) is 10.4 Å². The average molecular weight is 492 g/mol. The Morgan fingerprint density at radius 1 is 1.06 bits per heavy atom. The molecule has 1 aromatic heterocycles. The SMILES string of the molecule is COC(=O)c1ccc(Nc2cc(-c3cccc(OC(F)(F)F)c3)nc(NCC(=O)O)n2)cc1OC. The number of carbonyl (C=O) groups excluding carboxylic acids is 1. The number of carbonyl (C=O) groups is 2. The smallest absolute Gasteiger partial charge is 0.496 e. The van der Waals surface area contributed by atoms with Crippen molar-refractivity contribution in [2.45, 2.75) is 6.36 Å². The molecule has 0 saturated carbocycles. The number of aliphatic carboxylic acids is 1. The van der Waals surface area contributed by atoms with Gasteiger partial charge in [-0.25, -0.2) is 9.78 Å². The fraction of sp³-hybridized carbons (Fsp3) is 0.182. The van der Waals surface area contributed by atoms with Crippen LogP contribution >= 0.6 is 0 Å². The molecule has 0 aliphatic rings. The van der Waals surface area contributed by atoms with Crippen LogP contribution in [0.15, 0.2) is 48.5 Å². The van der Waals surface area contributed by atoms with Gasteiger partial charge >= 0.3 is 18.3 Å². The summed E-state index contributed by atoms with van der Waals surface area (Å²) in [6.45, 7) is -0.498. The summed E-state index contributed by atoms with van der Waals surface area (Å²) in [4.78, 5) is 31.2. The van der Waals surface area contributed by atoms with E-state index in [0.717, 1.165) is 12.1 Å². The Kier molecular flexibility index (Phi) is 7.59. The average Bonchev–Trinajstić information content (AvgIpc) is 2.81.